The van der Waals surface area contributed by atoms with Gasteiger partial charge < -0.3 is 14.4 Å². The number of likely N-dealkylation sites (N-methyl/N-ethyl adjacent to an activating group) is 1. The van der Waals surface area contributed by atoms with E-state index in [0.29, 0.717) is 0 Å². The Kier molecular flexibility index (Phi) is 5.78. The van der Waals surface area contributed by atoms with Crippen LogP contribution in [0.1, 0.15) is 36.8 Å². The zero-order chi connectivity index (χ0) is 20.3. The number of benzene rings is 2. The Morgan fingerprint density at radius 1 is 0.786 bits per heavy atom. The fourth-order valence-electron chi connectivity index (χ4n) is 3.82. The molecule has 0 N–H and O–H groups in total. The Balaban J connectivity index is 2.19. The maximum atomic E-state index is 13.1. The van der Waals surface area contributed by atoms with Gasteiger partial charge in [0.05, 0.1) is 5.92 Å². The zero-order valence-electron chi connectivity index (χ0n) is 16.1. The summed E-state index contributed by atoms with van der Waals surface area (Å²) in [6.45, 7) is 2.60. The van der Waals surface area contributed by atoms with Crippen LogP contribution in [-0.2, 0) is 23.9 Å². The minimum atomic E-state index is -1.01. The number of hydrogen-bond donors (Lipinski definition) is 0. The highest BCUT2D eigenvalue weighted by atomic mass is 16.6. The molecule has 0 spiro atoms. The van der Waals surface area contributed by atoms with Crippen LogP contribution >= 0.6 is 0 Å². The van der Waals surface area contributed by atoms with Crippen LogP contribution in [0.15, 0.2) is 60.7 Å². The van der Waals surface area contributed by atoms with Crippen molar-refractivity contribution in [1.82, 2.24) is 4.90 Å². The molecule has 0 aromatic heterocycles. The maximum Gasteiger partial charge on any atom is 0.304 e. The molecule has 0 aliphatic carbocycles. The van der Waals surface area contributed by atoms with Crippen molar-refractivity contribution in [1.29, 1.82) is 0 Å². The van der Waals surface area contributed by atoms with Crippen LogP contribution in [0.25, 0.3) is 0 Å². The number of carbonyl (C=O) groups is 3. The monoisotopic (exact) mass is 381 g/mol. The second-order valence-electron chi connectivity index (χ2n) is 6.85. The molecular formula is C22H23NO5. The van der Waals surface area contributed by atoms with Gasteiger partial charge in [0.15, 0.2) is 12.3 Å². The molecule has 0 saturated carbocycles. The van der Waals surface area contributed by atoms with Crippen LogP contribution in [-0.4, -0.2) is 42.1 Å². The Labute approximate surface area is 164 Å². The summed E-state index contributed by atoms with van der Waals surface area (Å²) in [4.78, 5) is 38.0. The van der Waals surface area contributed by atoms with Gasteiger partial charge in [0.1, 0.15) is 0 Å². The van der Waals surface area contributed by atoms with Crippen molar-refractivity contribution in [2.24, 2.45) is 0 Å². The number of carbonyl (C=O) groups excluding carboxylic acids is 3. The molecular weight excluding hydrogens is 358 g/mol. The summed E-state index contributed by atoms with van der Waals surface area (Å²) >= 11 is 0. The number of esters is 2. The summed E-state index contributed by atoms with van der Waals surface area (Å²) in [6, 6.07) is 18.9. The first kappa shape index (κ1) is 19.6. The van der Waals surface area contributed by atoms with E-state index in [2.05, 4.69) is 0 Å². The quantitative estimate of drug-likeness (QED) is 0.762. The molecule has 3 rings (SSSR count). The van der Waals surface area contributed by atoms with Gasteiger partial charge >= 0.3 is 11.9 Å². The van der Waals surface area contributed by atoms with E-state index < -0.39 is 42.0 Å². The molecule has 1 aliphatic rings. The van der Waals surface area contributed by atoms with E-state index in [1.54, 1.807) is 7.05 Å². The van der Waals surface area contributed by atoms with Crippen LogP contribution in [0.2, 0.25) is 0 Å². The molecule has 1 saturated heterocycles. The normalized spacial score (nSPS) is 24.5. The number of ether oxygens (including phenoxy) is 2. The van der Waals surface area contributed by atoms with E-state index in [9.17, 15) is 14.4 Å². The van der Waals surface area contributed by atoms with Crippen molar-refractivity contribution in [3.8, 4) is 0 Å². The van der Waals surface area contributed by atoms with Crippen LogP contribution in [0.5, 0.6) is 0 Å². The average molecular weight is 381 g/mol. The number of amides is 1. The standard InChI is InChI=1S/C22H23NO5/c1-14(24)27-20-18(16-10-6-4-7-11-16)19(17-12-8-5-9-13-17)22(28-15(2)25)23(3)21(20)26/h4-13,18-20,22H,1-3H3. The van der Waals surface area contributed by atoms with Gasteiger partial charge in [-0.15, -0.1) is 0 Å². The van der Waals surface area contributed by atoms with E-state index in [4.69, 9.17) is 9.47 Å². The first-order valence-electron chi connectivity index (χ1n) is 9.11. The number of hydrogen-bond acceptors (Lipinski definition) is 5. The third-order valence-corrected chi connectivity index (χ3v) is 4.94. The fraction of sp³-hybridized carbons (Fsp3) is 0.318. The first-order chi connectivity index (χ1) is 13.4. The van der Waals surface area contributed by atoms with Crippen LogP contribution in [0.4, 0.5) is 0 Å². The minimum absolute atomic E-state index is 0.400. The van der Waals surface area contributed by atoms with Gasteiger partial charge in [-0.2, -0.15) is 0 Å². The number of piperidine rings is 1. The van der Waals surface area contributed by atoms with Crippen LogP contribution in [0.3, 0.4) is 0 Å². The summed E-state index contributed by atoms with van der Waals surface area (Å²) in [5.41, 5.74) is 1.72. The van der Waals surface area contributed by atoms with E-state index >= 15 is 0 Å². The summed E-state index contributed by atoms with van der Waals surface area (Å²) in [5, 5.41) is 0. The molecule has 0 bridgehead atoms. The van der Waals surface area contributed by atoms with E-state index in [1.807, 2.05) is 60.7 Å². The van der Waals surface area contributed by atoms with Gasteiger partial charge in [-0.25, -0.2) is 0 Å². The smallest absolute Gasteiger partial charge is 0.304 e. The summed E-state index contributed by atoms with van der Waals surface area (Å²) in [6.07, 6.45) is -1.83. The molecule has 4 unspecified atom stereocenters. The molecule has 1 amide bonds. The molecule has 1 heterocycles. The van der Waals surface area contributed by atoms with Crippen molar-refractivity contribution in [2.45, 2.75) is 38.0 Å². The number of rotatable bonds is 4. The van der Waals surface area contributed by atoms with Gasteiger partial charge in [0.2, 0.25) is 0 Å². The second-order valence-corrected chi connectivity index (χ2v) is 6.85. The molecule has 4 atom stereocenters. The predicted octanol–water partition coefficient (Wildman–Crippen LogP) is 2.85. The Morgan fingerprint density at radius 2 is 1.25 bits per heavy atom. The summed E-state index contributed by atoms with van der Waals surface area (Å²) in [7, 11) is 1.56. The molecule has 6 nitrogen and oxygen atoms in total. The lowest BCUT2D eigenvalue weighted by Crippen LogP contribution is -2.58. The first-order valence-corrected chi connectivity index (χ1v) is 9.11. The Bertz CT molecular complexity index is 852. The maximum absolute atomic E-state index is 13.1. The Hall–Kier alpha value is -3.15. The van der Waals surface area contributed by atoms with Gasteiger partial charge in [0, 0.05) is 26.8 Å². The number of likely N-dealkylation sites (tertiary alicyclic amines) is 1. The molecule has 28 heavy (non-hydrogen) atoms. The molecule has 1 aliphatic heterocycles. The Morgan fingerprint density at radius 3 is 1.71 bits per heavy atom. The second kappa shape index (κ2) is 8.25. The SMILES string of the molecule is CC(=O)OC1C(=O)N(C)C(OC(C)=O)C(c2ccccc2)C1c1ccccc1. The lowest BCUT2D eigenvalue weighted by Gasteiger charge is -2.46. The minimum Gasteiger partial charge on any atom is -0.452 e. The molecule has 2 aromatic rings. The highest BCUT2D eigenvalue weighted by Crippen LogP contribution is 2.45. The molecule has 2 aromatic carbocycles. The van der Waals surface area contributed by atoms with Gasteiger partial charge in [-0.1, -0.05) is 60.7 Å². The highest BCUT2D eigenvalue weighted by Gasteiger charge is 2.51. The average Bonchev–Trinajstić information content (AvgIpc) is 2.68. The third-order valence-electron chi connectivity index (χ3n) is 4.94. The zero-order valence-corrected chi connectivity index (χ0v) is 16.1. The van der Waals surface area contributed by atoms with Crippen molar-refractivity contribution in [2.75, 3.05) is 7.05 Å². The van der Waals surface area contributed by atoms with Crippen molar-refractivity contribution in [3.05, 3.63) is 71.8 Å². The number of nitrogens with zero attached hydrogens (tertiary/aromatic N) is 1. The molecule has 1 fully saturated rings. The predicted molar refractivity (Wildman–Crippen MR) is 102 cm³/mol. The topological polar surface area (TPSA) is 72.9 Å². The molecule has 6 heteroatoms. The summed E-state index contributed by atoms with van der Waals surface area (Å²) in [5.74, 6) is -2.32. The lowest BCUT2D eigenvalue weighted by molar-refractivity contribution is -0.185. The van der Waals surface area contributed by atoms with E-state index in [0.717, 1.165) is 11.1 Å². The van der Waals surface area contributed by atoms with Crippen LogP contribution < -0.4 is 0 Å². The summed E-state index contributed by atoms with van der Waals surface area (Å²) < 4.78 is 11.0. The fourth-order valence-corrected chi connectivity index (χ4v) is 3.82. The van der Waals surface area contributed by atoms with Gasteiger partial charge in [-0.3, -0.25) is 14.4 Å². The molecule has 146 valence electrons. The van der Waals surface area contributed by atoms with Crippen molar-refractivity contribution >= 4 is 17.8 Å². The van der Waals surface area contributed by atoms with Gasteiger partial charge in [0.25, 0.3) is 5.91 Å². The third kappa shape index (κ3) is 3.91. The lowest BCUT2D eigenvalue weighted by atomic mass is 9.73. The highest BCUT2D eigenvalue weighted by molar-refractivity contribution is 5.86. The van der Waals surface area contributed by atoms with Crippen molar-refractivity contribution < 1.29 is 23.9 Å². The van der Waals surface area contributed by atoms with Crippen LogP contribution in [0, 0.1) is 0 Å². The van der Waals surface area contributed by atoms with E-state index in [1.165, 1.54) is 18.7 Å². The molecule has 0 radical (unpaired) electrons. The van der Waals surface area contributed by atoms with Crippen molar-refractivity contribution in [3.63, 3.8) is 0 Å². The van der Waals surface area contributed by atoms with Gasteiger partial charge in [-0.05, 0) is 11.1 Å². The van der Waals surface area contributed by atoms with E-state index in [-0.39, 0.29) is 0 Å². The largest absolute Gasteiger partial charge is 0.452 e.